The van der Waals surface area contributed by atoms with Gasteiger partial charge in [-0.3, -0.25) is 4.79 Å². The molecule has 2 heteroatoms. The van der Waals surface area contributed by atoms with E-state index in [0.717, 1.165) is 31.1 Å². The molecule has 0 saturated heterocycles. The van der Waals surface area contributed by atoms with Gasteiger partial charge < -0.3 is 4.74 Å². The van der Waals surface area contributed by atoms with E-state index < -0.39 is 5.60 Å². The van der Waals surface area contributed by atoms with Crippen molar-refractivity contribution in [2.45, 2.75) is 52.6 Å². The van der Waals surface area contributed by atoms with E-state index in [1.807, 2.05) is 30.3 Å². The zero-order valence-electron chi connectivity index (χ0n) is 13.3. The molecular formula is C18H28O2. The first kappa shape index (κ1) is 16.9. The van der Waals surface area contributed by atoms with E-state index in [1.165, 1.54) is 0 Å². The van der Waals surface area contributed by atoms with Gasteiger partial charge in [0.1, 0.15) is 5.60 Å². The summed E-state index contributed by atoms with van der Waals surface area (Å²) in [6.07, 6.45) is 3.70. The largest absolute Gasteiger partial charge is 0.363 e. The van der Waals surface area contributed by atoms with Crippen LogP contribution in [0.5, 0.6) is 0 Å². The number of carbonyl (C=O) groups excluding carboxylic acids is 1. The van der Waals surface area contributed by atoms with E-state index in [2.05, 4.69) is 27.7 Å². The Morgan fingerprint density at radius 3 is 2.15 bits per heavy atom. The van der Waals surface area contributed by atoms with Crippen LogP contribution in [0.15, 0.2) is 30.3 Å². The Balaban J connectivity index is 2.87. The average molecular weight is 276 g/mol. The normalized spacial score (nSPS) is 14.5. The van der Waals surface area contributed by atoms with Gasteiger partial charge >= 0.3 is 0 Å². The highest BCUT2D eigenvalue weighted by Crippen LogP contribution is 2.31. The fourth-order valence-electron chi connectivity index (χ4n) is 2.16. The van der Waals surface area contributed by atoms with Crippen LogP contribution in [0.4, 0.5) is 0 Å². The minimum atomic E-state index is -0.777. The Bertz CT molecular complexity index is 384. The maximum Gasteiger partial charge on any atom is 0.156 e. The van der Waals surface area contributed by atoms with Gasteiger partial charge in [-0.15, -0.1) is 0 Å². The number of benzene rings is 1. The smallest absolute Gasteiger partial charge is 0.156 e. The zero-order chi connectivity index (χ0) is 15.0. The molecule has 0 heterocycles. The predicted octanol–water partition coefficient (Wildman–Crippen LogP) is 4.58. The monoisotopic (exact) mass is 276 g/mol. The molecule has 1 rings (SSSR count). The maximum absolute atomic E-state index is 11.8. The lowest BCUT2D eigenvalue weighted by Crippen LogP contribution is -2.33. The molecule has 2 nitrogen and oxygen atoms in total. The molecule has 1 aromatic rings. The van der Waals surface area contributed by atoms with Gasteiger partial charge in [-0.25, -0.2) is 0 Å². The number of hydrogen-bond donors (Lipinski definition) is 0. The molecule has 0 aliphatic carbocycles. The molecule has 0 radical (unpaired) electrons. The number of rotatable bonds is 9. The SMILES string of the molecule is CC(C)CCOC(C=O)(CCC(C)C)c1ccccc1. The van der Waals surface area contributed by atoms with Crippen LogP contribution in [-0.4, -0.2) is 12.9 Å². The summed E-state index contributed by atoms with van der Waals surface area (Å²) in [4.78, 5) is 11.8. The van der Waals surface area contributed by atoms with Crippen molar-refractivity contribution in [1.82, 2.24) is 0 Å². The van der Waals surface area contributed by atoms with Crippen molar-refractivity contribution in [3.63, 3.8) is 0 Å². The number of carbonyl (C=O) groups is 1. The molecule has 1 aromatic carbocycles. The molecule has 0 saturated carbocycles. The summed E-state index contributed by atoms with van der Waals surface area (Å²) in [5.74, 6) is 1.15. The molecular weight excluding hydrogens is 248 g/mol. The third-order valence-electron chi connectivity index (χ3n) is 3.60. The molecule has 0 aromatic heterocycles. The molecule has 1 unspecified atom stereocenters. The molecule has 20 heavy (non-hydrogen) atoms. The second-order valence-corrected chi connectivity index (χ2v) is 6.34. The Morgan fingerprint density at radius 1 is 1.05 bits per heavy atom. The number of ether oxygens (including phenoxy) is 1. The van der Waals surface area contributed by atoms with Crippen molar-refractivity contribution in [1.29, 1.82) is 0 Å². The van der Waals surface area contributed by atoms with Gasteiger partial charge in [0, 0.05) is 6.61 Å². The first-order valence-corrected chi connectivity index (χ1v) is 7.66. The standard InChI is InChI=1S/C18H28O2/c1-15(2)10-12-18(14-19,20-13-11-16(3)4)17-8-6-5-7-9-17/h5-9,14-16H,10-13H2,1-4H3. The molecule has 0 aliphatic rings. The summed E-state index contributed by atoms with van der Waals surface area (Å²) >= 11 is 0. The first-order valence-electron chi connectivity index (χ1n) is 7.66. The summed E-state index contributed by atoms with van der Waals surface area (Å²) in [6, 6.07) is 9.88. The van der Waals surface area contributed by atoms with Crippen molar-refractivity contribution in [2.75, 3.05) is 6.61 Å². The highest BCUT2D eigenvalue weighted by molar-refractivity contribution is 5.66. The fraction of sp³-hybridized carbons (Fsp3) is 0.611. The molecule has 0 aliphatic heterocycles. The van der Waals surface area contributed by atoms with Gasteiger partial charge in [0.05, 0.1) is 0 Å². The Hall–Kier alpha value is -1.15. The summed E-state index contributed by atoms with van der Waals surface area (Å²) < 4.78 is 6.06. The van der Waals surface area contributed by atoms with E-state index in [-0.39, 0.29) is 0 Å². The van der Waals surface area contributed by atoms with Gasteiger partial charge in [-0.05, 0) is 36.7 Å². The van der Waals surface area contributed by atoms with Crippen LogP contribution >= 0.6 is 0 Å². The highest BCUT2D eigenvalue weighted by Gasteiger charge is 2.32. The van der Waals surface area contributed by atoms with Crippen molar-refractivity contribution in [3.8, 4) is 0 Å². The van der Waals surface area contributed by atoms with Gasteiger partial charge in [0.15, 0.2) is 6.29 Å². The average Bonchev–Trinajstić information content (AvgIpc) is 2.43. The Labute approximate surface area is 123 Å². The third kappa shape index (κ3) is 5.09. The van der Waals surface area contributed by atoms with Crippen molar-refractivity contribution < 1.29 is 9.53 Å². The minimum absolute atomic E-state index is 0.562. The second kappa shape index (κ2) is 8.21. The van der Waals surface area contributed by atoms with Gasteiger partial charge in [-0.1, -0.05) is 58.0 Å². The molecule has 0 fully saturated rings. The third-order valence-corrected chi connectivity index (χ3v) is 3.60. The summed E-state index contributed by atoms with van der Waals surface area (Å²) in [5.41, 5.74) is 0.194. The molecule has 112 valence electrons. The van der Waals surface area contributed by atoms with Gasteiger partial charge in [0.2, 0.25) is 0 Å². The molecule has 0 bridgehead atoms. The van der Waals surface area contributed by atoms with Crippen LogP contribution in [0.3, 0.4) is 0 Å². The second-order valence-electron chi connectivity index (χ2n) is 6.34. The number of aldehydes is 1. The van der Waals surface area contributed by atoms with Crippen LogP contribution in [0, 0.1) is 11.8 Å². The van der Waals surface area contributed by atoms with Gasteiger partial charge in [0.25, 0.3) is 0 Å². The lowest BCUT2D eigenvalue weighted by atomic mass is 9.87. The van der Waals surface area contributed by atoms with Gasteiger partial charge in [-0.2, -0.15) is 0 Å². The lowest BCUT2D eigenvalue weighted by Gasteiger charge is -2.30. The molecule has 0 spiro atoms. The van der Waals surface area contributed by atoms with E-state index in [9.17, 15) is 4.79 Å². The van der Waals surface area contributed by atoms with Crippen LogP contribution in [0.1, 0.15) is 52.5 Å². The topological polar surface area (TPSA) is 26.3 Å². The summed E-state index contributed by atoms with van der Waals surface area (Å²) in [7, 11) is 0. The minimum Gasteiger partial charge on any atom is -0.363 e. The first-order chi connectivity index (χ1) is 9.50. The number of hydrogen-bond acceptors (Lipinski definition) is 2. The quantitative estimate of drug-likeness (QED) is 0.617. The lowest BCUT2D eigenvalue weighted by molar-refractivity contribution is -0.135. The van der Waals surface area contributed by atoms with E-state index in [1.54, 1.807) is 0 Å². The summed E-state index contributed by atoms with van der Waals surface area (Å²) in [6.45, 7) is 9.32. The molecule has 0 N–H and O–H groups in total. The van der Waals surface area contributed by atoms with E-state index in [4.69, 9.17) is 4.74 Å². The highest BCUT2D eigenvalue weighted by atomic mass is 16.5. The van der Waals surface area contributed by atoms with Crippen LogP contribution in [0.2, 0.25) is 0 Å². The van der Waals surface area contributed by atoms with E-state index in [0.29, 0.717) is 18.4 Å². The summed E-state index contributed by atoms with van der Waals surface area (Å²) in [5, 5.41) is 0. The molecule has 1 atom stereocenters. The van der Waals surface area contributed by atoms with Crippen molar-refractivity contribution >= 4 is 6.29 Å². The zero-order valence-corrected chi connectivity index (χ0v) is 13.3. The van der Waals surface area contributed by atoms with Crippen molar-refractivity contribution in [2.24, 2.45) is 11.8 Å². The maximum atomic E-state index is 11.8. The van der Waals surface area contributed by atoms with E-state index >= 15 is 0 Å². The molecule has 0 amide bonds. The van der Waals surface area contributed by atoms with Crippen molar-refractivity contribution in [3.05, 3.63) is 35.9 Å². The van der Waals surface area contributed by atoms with Crippen LogP contribution in [0.25, 0.3) is 0 Å². The predicted molar refractivity (Wildman–Crippen MR) is 83.7 cm³/mol. The Morgan fingerprint density at radius 2 is 1.65 bits per heavy atom. The van der Waals surface area contributed by atoms with Crippen LogP contribution in [-0.2, 0) is 15.1 Å². The Kier molecular flexibility index (Phi) is 6.94. The fourth-order valence-corrected chi connectivity index (χ4v) is 2.16. The van der Waals surface area contributed by atoms with Crippen LogP contribution < -0.4 is 0 Å².